The maximum atomic E-state index is 12.1. The van der Waals surface area contributed by atoms with E-state index in [1.54, 1.807) is 0 Å². The molecule has 132 valence electrons. The van der Waals surface area contributed by atoms with E-state index in [-0.39, 0.29) is 18.7 Å². The number of hydrogen-bond acceptors (Lipinski definition) is 5. The van der Waals surface area contributed by atoms with E-state index in [9.17, 15) is 13.2 Å². The Balaban J connectivity index is 1.49. The minimum absolute atomic E-state index is 0.0620. The summed E-state index contributed by atoms with van der Waals surface area (Å²) >= 11 is 0. The summed E-state index contributed by atoms with van der Waals surface area (Å²) < 4.78 is 35.2. The molecule has 0 aliphatic carbocycles. The molecular formula is C16H22N2O5S. The third-order valence-electron chi connectivity index (χ3n) is 4.30. The van der Waals surface area contributed by atoms with Crippen molar-refractivity contribution in [1.29, 1.82) is 0 Å². The maximum absolute atomic E-state index is 12.1. The predicted molar refractivity (Wildman–Crippen MR) is 88.5 cm³/mol. The van der Waals surface area contributed by atoms with E-state index in [1.807, 2.05) is 18.2 Å². The van der Waals surface area contributed by atoms with E-state index >= 15 is 0 Å². The van der Waals surface area contributed by atoms with Crippen molar-refractivity contribution in [1.82, 2.24) is 9.62 Å². The Morgan fingerprint density at radius 2 is 2.12 bits per heavy atom. The average Bonchev–Trinajstić information content (AvgIpc) is 3.00. The quantitative estimate of drug-likeness (QED) is 0.849. The second-order valence-corrected chi connectivity index (χ2v) is 8.20. The zero-order chi connectivity index (χ0) is 17.2. The number of carbonyl (C=O) groups is 1. The fourth-order valence-electron chi connectivity index (χ4n) is 3.02. The molecule has 0 aromatic heterocycles. The Hall–Kier alpha value is -1.80. The van der Waals surface area contributed by atoms with Crippen molar-refractivity contribution in [3.05, 3.63) is 23.8 Å². The van der Waals surface area contributed by atoms with Crippen molar-refractivity contribution in [2.45, 2.75) is 31.7 Å². The number of amides is 1. The maximum Gasteiger partial charge on any atom is 0.231 e. The van der Waals surface area contributed by atoms with Gasteiger partial charge in [-0.15, -0.1) is 0 Å². The predicted octanol–water partition coefficient (Wildman–Crippen LogP) is 0.888. The van der Waals surface area contributed by atoms with Crippen molar-refractivity contribution >= 4 is 15.9 Å². The van der Waals surface area contributed by atoms with E-state index in [1.165, 1.54) is 10.6 Å². The van der Waals surface area contributed by atoms with E-state index in [2.05, 4.69) is 5.32 Å². The van der Waals surface area contributed by atoms with Crippen LogP contribution in [0.25, 0.3) is 0 Å². The molecule has 2 aliphatic rings. The van der Waals surface area contributed by atoms with Gasteiger partial charge in [-0.2, -0.15) is 0 Å². The number of rotatable bonds is 5. The fourth-order valence-corrected chi connectivity index (χ4v) is 3.93. The van der Waals surface area contributed by atoms with Crippen molar-refractivity contribution in [2.75, 3.05) is 26.1 Å². The number of nitrogens with zero attached hydrogens (tertiary/aromatic N) is 1. The minimum Gasteiger partial charge on any atom is -0.454 e. The van der Waals surface area contributed by atoms with Gasteiger partial charge in [0, 0.05) is 25.6 Å². The van der Waals surface area contributed by atoms with Gasteiger partial charge in [-0.1, -0.05) is 6.07 Å². The Morgan fingerprint density at radius 1 is 1.33 bits per heavy atom. The number of ether oxygens (including phenoxy) is 2. The van der Waals surface area contributed by atoms with Gasteiger partial charge in [0.2, 0.25) is 22.7 Å². The second kappa shape index (κ2) is 6.98. The van der Waals surface area contributed by atoms with Crippen LogP contribution in [0, 0.1) is 0 Å². The number of benzene rings is 1. The summed E-state index contributed by atoms with van der Waals surface area (Å²) in [6.07, 6.45) is 3.73. The molecule has 1 aromatic carbocycles. The van der Waals surface area contributed by atoms with E-state index in [0.29, 0.717) is 31.7 Å². The number of carbonyl (C=O) groups excluding carboxylic acids is 1. The standard InChI is InChI=1S/C16H22N2O5S/c1-24(20,21)18-8-2-3-13(10-18)17-16(19)7-5-12-4-6-14-15(9-12)23-11-22-14/h4,6,9,13H,2-3,5,7-8,10-11H2,1H3,(H,17,19). The first-order valence-corrected chi connectivity index (χ1v) is 9.89. The van der Waals surface area contributed by atoms with E-state index in [4.69, 9.17) is 9.47 Å². The third-order valence-corrected chi connectivity index (χ3v) is 5.57. The number of aryl methyl sites for hydroxylation is 1. The van der Waals surface area contributed by atoms with E-state index < -0.39 is 10.0 Å². The lowest BCUT2D eigenvalue weighted by molar-refractivity contribution is -0.122. The molecule has 1 aromatic rings. The summed E-state index contributed by atoms with van der Waals surface area (Å²) in [5.74, 6) is 1.38. The van der Waals surface area contributed by atoms with E-state index in [0.717, 1.165) is 24.2 Å². The molecule has 0 radical (unpaired) electrons. The van der Waals surface area contributed by atoms with Crippen LogP contribution in [-0.2, 0) is 21.2 Å². The highest BCUT2D eigenvalue weighted by atomic mass is 32.2. The molecule has 0 spiro atoms. The molecule has 8 heteroatoms. The highest BCUT2D eigenvalue weighted by Crippen LogP contribution is 2.32. The zero-order valence-corrected chi connectivity index (χ0v) is 14.5. The molecule has 24 heavy (non-hydrogen) atoms. The SMILES string of the molecule is CS(=O)(=O)N1CCCC(NC(=O)CCc2ccc3c(c2)OCO3)C1. The third kappa shape index (κ3) is 4.18. The van der Waals surface area contributed by atoms with Gasteiger partial charge in [-0.25, -0.2) is 12.7 Å². The summed E-state index contributed by atoms with van der Waals surface area (Å²) in [6.45, 7) is 1.12. The van der Waals surface area contributed by atoms with Crippen LogP contribution in [-0.4, -0.2) is 50.8 Å². The van der Waals surface area contributed by atoms with Crippen molar-refractivity contribution < 1.29 is 22.7 Å². The summed E-state index contributed by atoms with van der Waals surface area (Å²) in [4.78, 5) is 12.1. The molecule has 1 fully saturated rings. The second-order valence-electron chi connectivity index (χ2n) is 6.22. The number of sulfonamides is 1. The van der Waals surface area contributed by atoms with Crippen LogP contribution < -0.4 is 14.8 Å². The van der Waals surface area contributed by atoms with Gasteiger partial charge in [-0.3, -0.25) is 4.79 Å². The minimum atomic E-state index is -3.20. The Bertz CT molecular complexity index is 719. The van der Waals surface area contributed by atoms with Crippen molar-refractivity contribution in [2.24, 2.45) is 0 Å². The van der Waals surface area contributed by atoms with Crippen LogP contribution in [0.4, 0.5) is 0 Å². The van der Waals surface area contributed by atoms with Gasteiger partial charge in [0.1, 0.15) is 0 Å². The average molecular weight is 354 g/mol. The lowest BCUT2D eigenvalue weighted by atomic mass is 10.1. The summed E-state index contributed by atoms with van der Waals surface area (Å²) in [5.41, 5.74) is 1.01. The van der Waals surface area contributed by atoms with Crippen LogP contribution in [0.2, 0.25) is 0 Å². The van der Waals surface area contributed by atoms with Crippen LogP contribution in [0.5, 0.6) is 11.5 Å². The topological polar surface area (TPSA) is 84.9 Å². The van der Waals surface area contributed by atoms with Gasteiger partial charge < -0.3 is 14.8 Å². The molecular weight excluding hydrogens is 332 g/mol. The fraction of sp³-hybridized carbons (Fsp3) is 0.562. The van der Waals surface area contributed by atoms with Crippen molar-refractivity contribution in [3.63, 3.8) is 0 Å². The summed E-state index contributed by atoms with van der Waals surface area (Å²) in [7, 11) is -3.20. The molecule has 0 bridgehead atoms. The van der Waals surface area contributed by atoms with Crippen LogP contribution >= 0.6 is 0 Å². The first-order chi connectivity index (χ1) is 11.4. The Kier molecular flexibility index (Phi) is 4.96. The number of nitrogens with one attached hydrogen (secondary N) is 1. The lowest BCUT2D eigenvalue weighted by Gasteiger charge is -2.31. The molecule has 2 heterocycles. The number of hydrogen-bond donors (Lipinski definition) is 1. The Labute approximate surface area is 142 Å². The largest absolute Gasteiger partial charge is 0.454 e. The van der Waals surface area contributed by atoms with Gasteiger partial charge in [-0.05, 0) is 37.0 Å². The molecule has 3 rings (SSSR count). The highest BCUT2D eigenvalue weighted by Gasteiger charge is 2.26. The molecule has 1 N–H and O–H groups in total. The molecule has 1 unspecified atom stereocenters. The Morgan fingerprint density at radius 3 is 2.92 bits per heavy atom. The van der Waals surface area contributed by atoms with Crippen LogP contribution in [0.15, 0.2) is 18.2 Å². The molecule has 2 aliphatic heterocycles. The number of fused-ring (bicyclic) bond motifs is 1. The van der Waals surface area contributed by atoms with Crippen molar-refractivity contribution in [3.8, 4) is 11.5 Å². The van der Waals surface area contributed by atoms with Gasteiger partial charge in [0.15, 0.2) is 11.5 Å². The molecule has 1 atom stereocenters. The zero-order valence-electron chi connectivity index (χ0n) is 13.7. The smallest absolute Gasteiger partial charge is 0.231 e. The van der Waals surface area contributed by atoms with Crippen LogP contribution in [0.3, 0.4) is 0 Å². The molecule has 1 amide bonds. The van der Waals surface area contributed by atoms with Crippen LogP contribution in [0.1, 0.15) is 24.8 Å². The number of piperidine rings is 1. The summed E-state index contributed by atoms with van der Waals surface area (Å²) in [6, 6.07) is 5.55. The van der Waals surface area contributed by atoms with Gasteiger partial charge in [0.25, 0.3) is 0 Å². The highest BCUT2D eigenvalue weighted by molar-refractivity contribution is 7.88. The van der Waals surface area contributed by atoms with Gasteiger partial charge >= 0.3 is 0 Å². The lowest BCUT2D eigenvalue weighted by Crippen LogP contribution is -2.49. The first kappa shape index (κ1) is 17.0. The molecule has 1 saturated heterocycles. The first-order valence-electron chi connectivity index (χ1n) is 8.05. The normalized spacial score (nSPS) is 20.8. The molecule has 0 saturated carbocycles. The monoisotopic (exact) mass is 354 g/mol. The van der Waals surface area contributed by atoms with Gasteiger partial charge in [0.05, 0.1) is 6.26 Å². The molecule has 7 nitrogen and oxygen atoms in total. The summed E-state index contributed by atoms with van der Waals surface area (Å²) in [5, 5.41) is 2.94.